The quantitative estimate of drug-likeness (QED) is 0.253. The van der Waals surface area contributed by atoms with Crippen molar-refractivity contribution in [2.75, 3.05) is 26.4 Å². The molecule has 0 amide bonds. The van der Waals surface area contributed by atoms with Gasteiger partial charge in [-0.3, -0.25) is 9.59 Å². The minimum Gasteiger partial charge on any atom is -0.481 e. The van der Waals surface area contributed by atoms with Gasteiger partial charge in [0.15, 0.2) is 0 Å². The van der Waals surface area contributed by atoms with Gasteiger partial charge in [0.2, 0.25) is 0 Å². The van der Waals surface area contributed by atoms with E-state index in [-0.39, 0.29) is 39.3 Å². The third-order valence-corrected chi connectivity index (χ3v) is 3.05. The molecule has 7 N–H and O–H groups in total. The van der Waals surface area contributed by atoms with Crippen LogP contribution in [0, 0.1) is 5.41 Å². The van der Waals surface area contributed by atoms with E-state index in [1.54, 1.807) is 0 Å². The molecule has 1 unspecified atom stereocenters. The molecule has 0 rings (SSSR count). The van der Waals surface area contributed by atoms with Gasteiger partial charge in [-0.2, -0.15) is 0 Å². The summed E-state index contributed by atoms with van der Waals surface area (Å²) in [6.45, 7) is 2.74. The molecule has 0 aliphatic heterocycles. The molecule has 9 nitrogen and oxygen atoms in total. The molecule has 1 atom stereocenters. The van der Waals surface area contributed by atoms with Crippen LogP contribution in [0.5, 0.6) is 0 Å². The van der Waals surface area contributed by atoms with E-state index in [4.69, 9.17) is 35.7 Å². The SMILES string of the molecule is CC(O)CO.CCC(CO)(CO)CO.O=C(O)CCCCC(=O)O. The topological polar surface area (TPSA) is 176 Å². The first-order valence-electron chi connectivity index (χ1n) is 7.69. The summed E-state index contributed by atoms with van der Waals surface area (Å²) in [6.07, 6.45) is 1.05. The van der Waals surface area contributed by atoms with Crippen LogP contribution in [0.3, 0.4) is 0 Å². The molecule has 0 saturated heterocycles. The van der Waals surface area contributed by atoms with Crippen molar-refractivity contribution in [2.24, 2.45) is 5.41 Å². The Balaban J connectivity index is -0.000000291. The Hall–Kier alpha value is -1.26. The first-order chi connectivity index (χ1) is 11.1. The lowest BCUT2D eigenvalue weighted by Gasteiger charge is -2.24. The molecule has 9 heteroatoms. The predicted octanol–water partition coefficient (Wildman–Crippen LogP) is -0.565. The lowest BCUT2D eigenvalue weighted by molar-refractivity contribution is -0.139. The molecule has 0 heterocycles. The smallest absolute Gasteiger partial charge is 0.303 e. The van der Waals surface area contributed by atoms with Gasteiger partial charge in [-0.25, -0.2) is 0 Å². The van der Waals surface area contributed by atoms with Gasteiger partial charge in [-0.1, -0.05) is 6.92 Å². The Morgan fingerprint density at radius 3 is 1.25 bits per heavy atom. The van der Waals surface area contributed by atoms with Crippen LogP contribution in [0.4, 0.5) is 0 Å². The van der Waals surface area contributed by atoms with E-state index >= 15 is 0 Å². The van der Waals surface area contributed by atoms with Crippen LogP contribution in [0.15, 0.2) is 0 Å². The highest BCUT2D eigenvalue weighted by atomic mass is 16.4. The zero-order valence-corrected chi connectivity index (χ0v) is 14.4. The second kappa shape index (κ2) is 18.1. The Kier molecular flexibility index (Phi) is 20.8. The normalized spacial score (nSPS) is 11.5. The van der Waals surface area contributed by atoms with Gasteiger partial charge in [0.1, 0.15) is 0 Å². The maximum atomic E-state index is 9.90. The van der Waals surface area contributed by atoms with E-state index in [1.807, 2.05) is 6.92 Å². The minimum atomic E-state index is -0.870. The van der Waals surface area contributed by atoms with E-state index in [0.29, 0.717) is 19.3 Å². The first kappa shape index (κ1) is 27.6. The summed E-state index contributed by atoms with van der Waals surface area (Å²) < 4.78 is 0. The fourth-order valence-electron chi connectivity index (χ4n) is 1.04. The van der Waals surface area contributed by atoms with Crippen LogP contribution >= 0.6 is 0 Å². The molecular weight excluding hydrogens is 324 g/mol. The predicted molar refractivity (Wildman–Crippen MR) is 86.5 cm³/mol. The average Bonchev–Trinajstić information content (AvgIpc) is 2.55. The lowest BCUT2D eigenvalue weighted by Crippen LogP contribution is -2.32. The van der Waals surface area contributed by atoms with Crippen molar-refractivity contribution in [3.05, 3.63) is 0 Å². The number of rotatable bonds is 10. The van der Waals surface area contributed by atoms with Crippen LogP contribution in [0.2, 0.25) is 0 Å². The molecule has 146 valence electrons. The monoisotopic (exact) mass is 356 g/mol. The summed E-state index contributed by atoms with van der Waals surface area (Å²) in [5, 5.41) is 58.2. The number of unbranched alkanes of at least 4 members (excludes halogenated alkanes) is 1. The van der Waals surface area contributed by atoms with Crippen LogP contribution in [0.1, 0.15) is 46.0 Å². The van der Waals surface area contributed by atoms with Gasteiger partial charge in [-0.05, 0) is 26.2 Å². The molecule has 0 aliphatic rings. The van der Waals surface area contributed by atoms with E-state index in [1.165, 1.54) is 6.92 Å². The number of aliphatic hydroxyl groups excluding tert-OH is 5. The molecule has 0 aromatic carbocycles. The van der Waals surface area contributed by atoms with Crippen LogP contribution in [-0.4, -0.2) is 80.2 Å². The van der Waals surface area contributed by atoms with Crippen LogP contribution < -0.4 is 0 Å². The largest absolute Gasteiger partial charge is 0.481 e. The van der Waals surface area contributed by atoms with Gasteiger partial charge in [0.25, 0.3) is 0 Å². The number of carboxylic acids is 2. The van der Waals surface area contributed by atoms with Crippen molar-refractivity contribution in [3.8, 4) is 0 Å². The third kappa shape index (κ3) is 20.7. The molecule has 0 radical (unpaired) electrons. The Morgan fingerprint density at radius 1 is 0.875 bits per heavy atom. The van der Waals surface area contributed by atoms with Crippen molar-refractivity contribution in [3.63, 3.8) is 0 Å². The first-order valence-corrected chi connectivity index (χ1v) is 7.69. The molecule has 0 saturated carbocycles. The van der Waals surface area contributed by atoms with Crippen molar-refractivity contribution >= 4 is 11.9 Å². The number of hydrogen-bond acceptors (Lipinski definition) is 7. The van der Waals surface area contributed by atoms with Crippen molar-refractivity contribution in [1.29, 1.82) is 0 Å². The molecule has 0 aromatic heterocycles. The lowest BCUT2D eigenvalue weighted by atomic mass is 9.88. The molecule has 0 spiro atoms. The number of aliphatic hydroxyl groups is 5. The highest BCUT2D eigenvalue weighted by Crippen LogP contribution is 2.18. The molecular formula is C15H32O9. The Bertz CT molecular complexity index is 268. The van der Waals surface area contributed by atoms with E-state index in [2.05, 4.69) is 0 Å². The average molecular weight is 356 g/mol. The maximum Gasteiger partial charge on any atom is 0.303 e. The molecule has 0 aliphatic carbocycles. The second-order valence-electron chi connectivity index (χ2n) is 5.35. The summed E-state index contributed by atoms with van der Waals surface area (Å²) >= 11 is 0. The van der Waals surface area contributed by atoms with E-state index in [0.717, 1.165) is 0 Å². The third-order valence-electron chi connectivity index (χ3n) is 3.05. The maximum absolute atomic E-state index is 9.90. The van der Waals surface area contributed by atoms with Gasteiger partial charge in [0, 0.05) is 18.3 Å². The zero-order valence-electron chi connectivity index (χ0n) is 14.4. The summed E-state index contributed by atoms with van der Waals surface area (Å²) in [7, 11) is 0. The van der Waals surface area contributed by atoms with Crippen LogP contribution in [-0.2, 0) is 9.59 Å². The fraction of sp³-hybridized carbons (Fsp3) is 0.867. The highest BCUT2D eigenvalue weighted by molar-refractivity contribution is 5.67. The van der Waals surface area contributed by atoms with Gasteiger partial charge in [-0.15, -0.1) is 0 Å². The van der Waals surface area contributed by atoms with Crippen molar-refractivity contribution in [1.82, 2.24) is 0 Å². The standard InChI is InChI=1S/C6H10O4.C6H14O3.C3H8O2/c7-5(8)3-1-2-4-6(9)10;1-2-6(3-7,4-8)5-9;1-3(5)2-4/h1-4H2,(H,7,8)(H,9,10);7-9H,2-5H2,1H3;3-5H,2H2,1H3. The highest BCUT2D eigenvalue weighted by Gasteiger charge is 2.24. The Labute approximate surface area is 142 Å². The number of carbonyl (C=O) groups is 2. The number of carboxylic acid groups (broad SMARTS) is 2. The summed E-state index contributed by atoms with van der Waals surface area (Å²) in [4.78, 5) is 19.8. The van der Waals surface area contributed by atoms with Gasteiger partial charge in [0.05, 0.1) is 32.5 Å². The van der Waals surface area contributed by atoms with Crippen molar-refractivity contribution < 1.29 is 45.3 Å². The summed E-state index contributed by atoms with van der Waals surface area (Å²) in [5.74, 6) is -1.74. The summed E-state index contributed by atoms with van der Waals surface area (Å²) in [6, 6.07) is 0. The molecule has 0 fully saturated rings. The van der Waals surface area contributed by atoms with Gasteiger partial charge >= 0.3 is 11.9 Å². The molecule has 24 heavy (non-hydrogen) atoms. The minimum absolute atomic E-state index is 0.0628. The second-order valence-corrected chi connectivity index (χ2v) is 5.35. The molecule has 0 aromatic rings. The fourth-order valence-corrected chi connectivity index (χ4v) is 1.04. The van der Waals surface area contributed by atoms with E-state index in [9.17, 15) is 9.59 Å². The number of aliphatic carboxylic acids is 2. The molecule has 0 bridgehead atoms. The Morgan fingerprint density at radius 2 is 1.17 bits per heavy atom. The van der Waals surface area contributed by atoms with E-state index < -0.39 is 23.5 Å². The van der Waals surface area contributed by atoms with Crippen molar-refractivity contribution in [2.45, 2.75) is 52.1 Å². The van der Waals surface area contributed by atoms with Gasteiger partial charge < -0.3 is 35.7 Å². The number of hydrogen-bond donors (Lipinski definition) is 7. The zero-order chi connectivity index (χ0) is 19.6. The van der Waals surface area contributed by atoms with Crippen LogP contribution in [0.25, 0.3) is 0 Å². The summed E-state index contributed by atoms with van der Waals surface area (Å²) in [5.41, 5.74) is -0.667.